The van der Waals surface area contributed by atoms with E-state index in [2.05, 4.69) is 31.9 Å². The highest BCUT2D eigenvalue weighted by Crippen LogP contribution is 2.38. The van der Waals surface area contributed by atoms with Crippen molar-refractivity contribution in [3.63, 3.8) is 0 Å². The van der Waals surface area contributed by atoms with Crippen molar-refractivity contribution in [2.75, 3.05) is 0 Å². The monoisotopic (exact) mass is 636 g/mol. The Labute approximate surface area is 226 Å². The van der Waals surface area contributed by atoms with Crippen LogP contribution in [0.25, 0.3) is 6.08 Å². The van der Waals surface area contributed by atoms with E-state index in [9.17, 15) is 19.3 Å². The van der Waals surface area contributed by atoms with Gasteiger partial charge in [-0.15, -0.1) is 0 Å². The lowest BCUT2D eigenvalue weighted by Gasteiger charge is -2.14. The number of nitro benzene ring substituents is 1. The van der Waals surface area contributed by atoms with Crippen molar-refractivity contribution in [2.24, 2.45) is 0 Å². The number of benzene rings is 3. The molecule has 178 valence electrons. The summed E-state index contributed by atoms with van der Waals surface area (Å²) in [4.78, 5) is 25.3. The van der Waals surface area contributed by atoms with Gasteiger partial charge in [-0.05, 0) is 91.0 Å². The summed E-state index contributed by atoms with van der Waals surface area (Å²) in [5.41, 5.74) is 2.34. The normalized spacial score (nSPS) is 14.6. The first-order valence-corrected chi connectivity index (χ1v) is 12.9. The number of rotatable bonds is 7. The zero-order chi connectivity index (χ0) is 25.1. The number of amides is 1. The summed E-state index contributed by atoms with van der Waals surface area (Å²) in [7, 11) is 0. The summed E-state index contributed by atoms with van der Waals surface area (Å²) in [6.45, 7) is 0.488. The van der Waals surface area contributed by atoms with E-state index in [0.717, 1.165) is 16.7 Å². The fourth-order valence-corrected chi connectivity index (χ4v) is 5.94. The molecule has 1 saturated heterocycles. The van der Waals surface area contributed by atoms with E-state index >= 15 is 0 Å². The number of thiocarbonyl (C=S) groups is 1. The van der Waals surface area contributed by atoms with Crippen LogP contribution in [0, 0.1) is 15.9 Å². The average molecular weight is 638 g/mol. The number of non-ortho nitro benzene ring substituents is 1. The molecule has 0 aliphatic carbocycles. The smallest absolute Gasteiger partial charge is 0.269 e. The van der Waals surface area contributed by atoms with Crippen molar-refractivity contribution in [1.82, 2.24) is 4.90 Å². The van der Waals surface area contributed by atoms with Gasteiger partial charge in [0.15, 0.2) is 0 Å². The molecule has 1 fully saturated rings. The van der Waals surface area contributed by atoms with Crippen LogP contribution in [0.15, 0.2) is 74.5 Å². The van der Waals surface area contributed by atoms with E-state index < -0.39 is 4.92 Å². The third-order valence-corrected chi connectivity index (χ3v) is 7.53. The van der Waals surface area contributed by atoms with Gasteiger partial charge in [0.05, 0.1) is 25.3 Å². The maximum atomic E-state index is 13.2. The molecule has 0 spiro atoms. The van der Waals surface area contributed by atoms with Crippen molar-refractivity contribution in [1.29, 1.82) is 0 Å². The fourth-order valence-electron chi connectivity index (χ4n) is 3.23. The summed E-state index contributed by atoms with van der Waals surface area (Å²) < 4.78 is 20.8. The molecule has 1 amide bonds. The van der Waals surface area contributed by atoms with Crippen LogP contribution in [0.1, 0.15) is 16.7 Å². The zero-order valence-electron chi connectivity index (χ0n) is 17.7. The molecule has 0 radical (unpaired) electrons. The molecule has 0 N–H and O–H groups in total. The molecule has 0 aromatic heterocycles. The van der Waals surface area contributed by atoms with Crippen molar-refractivity contribution in [2.45, 2.75) is 13.2 Å². The lowest BCUT2D eigenvalue weighted by molar-refractivity contribution is -0.384. The number of halogens is 3. The van der Waals surface area contributed by atoms with Crippen LogP contribution in [-0.2, 0) is 17.9 Å². The molecule has 35 heavy (non-hydrogen) atoms. The highest BCUT2D eigenvalue weighted by Gasteiger charge is 2.32. The van der Waals surface area contributed by atoms with Crippen LogP contribution in [-0.4, -0.2) is 20.1 Å². The molecule has 1 aliphatic rings. The highest BCUT2D eigenvalue weighted by atomic mass is 79.9. The second kappa shape index (κ2) is 11.0. The lowest BCUT2D eigenvalue weighted by atomic mass is 10.2. The second-order valence-corrected chi connectivity index (χ2v) is 10.8. The van der Waals surface area contributed by atoms with Crippen LogP contribution in [0.4, 0.5) is 10.1 Å². The fraction of sp³-hybridized carbons (Fsp3) is 0.0833. The first kappa shape index (κ1) is 25.5. The van der Waals surface area contributed by atoms with Crippen LogP contribution < -0.4 is 4.74 Å². The van der Waals surface area contributed by atoms with E-state index in [-0.39, 0.29) is 30.6 Å². The third kappa shape index (κ3) is 6.16. The summed E-state index contributed by atoms with van der Waals surface area (Å²) in [6.07, 6.45) is 1.75. The van der Waals surface area contributed by atoms with Gasteiger partial charge in [-0.3, -0.25) is 19.8 Å². The van der Waals surface area contributed by atoms with Gasteiger partial charge in [-0.25, -0.2) is 4.39 Å². The molecule has 6 nitrogen and oxygen atoms in total. The summed E-state index contributed by atoms with van der Waals surface area (Å²) in [5.74, 6) is 0.00906. The number of carbonyl (C=O) groups is 1. The van der Waals surface area contributed by atoms with Crippen molar-refractivity contribution in [3.05, 3.63) is 107 Å². The zero-order valence-corrected chi connectivity index (χ0v) is 22.5. The van der Waals surface area contributed by atoms with Crippen LogP contribution in [0.3, 0.4) is 0 Å². The Bertz CT molecular complexity index is 1330. The van der Waals surface area contributed by atoms with Gasteiger partial charge in [-0.2, -0.15) is 0 Å². The maximum Gasteiger partial charge on any atom is 0.269 e. The predicted molar refractivity (Wildman–Crippen MR) is 144 cm³/mol. The van der Waals surface area contributed by atoms with Gasteiger partial charge in [0, 0.05) is 12.1 Å². The Kier molecular flexibility index (Phi) is 8.00. The Balaban J connectivity index is 1.47. The summed E-state index contributed by atoms with van der Waals surface area (Å²) >= 11 is 13.6. The minimum absolute atomic E-state index is 0.0172. The third-order valence-electron chi connectivity index (χ3n) is 4.98. The lowest BCUT2D eigenvalue weighted by Crippen LogP contribution is -2.27. The van der Waals surface area contributed by atoms with E-state index in [1.807, 2.05) is 12.1 Å². The Morgan fingerprint density at radius 2 is 1.66 bits per heavy atom. The maximum absolute atomic E-state index is 13.2. The molecule has 0 unspecified atom stereocenters. The van der Waals surface area contributed by atoms with E-state index in [1.54, 1.807) is 30.3 Å². The second-order valence-electron chi connectivity index (χ2n) is 7.42. The molecule has 4 rings (SSSR count). The Hall–Kier alpha value is -2.60. The van der Waals surface area contributed by atoms with Gasteiger partial charge < -0.3 is 4.74 Å². The molecular weight excluding hydrogens is 623 g/mol. The Morgan fingerprint density at radius 3 is 2.26 bits per heavy atom. The van der Waals surface area contributed by atoms with Gasteiger partial charge in [-0.1, -0.05) is 36.1 Å². The SMILES string of the molecule is O=C1C(=Cc2cc(Br)c(OCc3ccc([N+](=O)[O-])cc3)c(Br)c2)SC(=S)N1Cc1ccc(F)cc1. The summed E-state index contributed by atoms with van der Waals surface area (Å²) in [5, 5.41) is 10.8. The minimum Gasteiger partial charge on any atom is -0.487 e. The largest absolute Gasteiger partial charge is 0.487 e. The molecule has 1 heterocycles. The van der Waals surface area contributed by atoms with Gasteiger partial charge in [0.1, 0.15) is 22.5 Å². The molecule has 1 aliphatic heterocycles. The van der Waals surface area contributed by atoms with E-state index in [1.165, 1.54) is 40.9 Å². The van der Waals surface area contributed by atoms with E-state index in [0.29, 0.717) is 23.9 Å². The number of hydrogen-bond acceptors (Lipinski definition) is 6. The molecule has 3 aromatic rings. The van der Waals surface area contributed by atoms with E-state index in [4.69, 9.17) is 17.0 Å². The van der Waals surface area contributed by atoms with Gasteiger partial charge >= 0.3 is 0 Å². The van der Waals surface area contributed by atoms with Gasteiger partial charge in [0.25, 0.3) is 11.6 Å². The van der Waals surface area contributed by atoms with Crippen molar-refractivity contribution < 1.29 is 18.8 Å². The number of nitrogens with zero attached hydrogens (tertiary/aromatic N) is 2. The summed E-state index contributed by atoms with van der Waals surface area (Å²) in [6, 6.07) is 15.7. The quantitative estimate of drug-likeness (QED) is 0.118. The number of ether oxygens (including phenoxy) is 1. The first-order valence-electron chi connectivity index (χ1n) is 10.1. The number of thioether (sulfide) groups is 1. The van der Waals surface area contributed by atoms with Crippen LogP contribution in [0.5, 0.6) is 5.75 Å². The molecule has 0 bridgehead atoms. The molecular formula is C24H15Br2FN2O4S2. The topological polar surface area (TPSA) is 72.7 Å². The predicted octanol–water partition coefficient (Wildman–Crippen LogP) is 7.24. The molecule has 0 saturated carbocycles. The van der Waals surface area contributed by atoms with Crippen LogP contribution >= 0.6 is 55.8 Å². The number of hydrogen-bond donors (Lipinski definition) is 0. The minimum atomic E-state index is -0.451. The van der Waals surface area contributed by atoms with Crippen LogP contribution in [0.2, 0.25) is 0 Å². The molecule has 0 atom stereocenters. The Morgan fingerprint density at radius 1 is 1.06 bits per heavy atom. The standard InChI is InChI=1S/C24H15Br2FN2O4S2/c25-19-9-16(10-20(26)22(19)33-13-15-3-7-18(8-4-15)29(31)32)11-21-23(30)28(24(34)35-21)12-14-1-5-17(27)6-2-14/h1-11H,12-13H2. The molecule has 11 heteroatoms. The number of nitro groups is 1. The van der Waals surface area contributed by atoms with Gasteiger partial charge in [0.2, 0.25) is 0 Å². The van der Waals surface area contributed by atoms with Crippen molar-refractivity contribution >= 4 is 77.8 Å². The number of carbonyl (C=O) groups excluding carboxylic acids is 1. The highest BCUT2D eigenvalue weighted by molar-refractivity contribution is 9.11. The first-order chi connectivity index (χ1) is 16.7. The average Bonchev–Trinajstić information content (AvgIpc) is 3.07. The van der Waals surface area contributed by atoms with Crippen molar-refractivity contribution in [3.8, 4) is 5.75 Å². The molecule has 3 aromatic carbocycles.